The second-order valence-corrected chi connectivity index (χ2v) is 5.21. The van der Waals surface area contributed by atoms with E-state index in [0.29, 0.717) is 6.61 Å². The summed E-state index contributed by atoms with van der Waals surface area (Å²) in [6, 6.07) is 14.9. The Morgan fingerprint density at radius 3 is 2.80 bits per heavy atom. The molecule has 3 rings (SSSR count). The molecule has 1 saturated heterocycles. The van der Waals surface area contributed by atoms with Gasteiger partial charge in [0, 0.05) is 6.04 Å². The predicted molar refractivity (Wildman–Crippen MR) is 79.5 cm³/mol. The van der Waals surface area contributed by atoms with Crippen LogP contribution in [0.1, 0.15) is 31.4 Å². The van der Waals surface area contributed by atoms with E-state index in [9.17, 15) is 4.79 Å². The van der Waals surface area contributed by atoms with Gasteiger partial charge < -0.3 is 4.74 Å². The molecule has 0 bridgehead atoms. The molecule has 2 aromatic carbocycles. The SMILES string of the molecule is CCOC(=O)[C@H]1CC[C@@H](c2ccc3ccccc3c2)N1. The summed E-state index contributed by atoms with van der Waals surface area (Å²) in [5.74, 6) is -0.129. The molecule has 0 saturated carbocycles. The van der Waals surface area contributed by atoms with Crippen LogP contribution in [0.25, 0.3) is 10.8 Å². The van der Waals surface area contributed by atoms with Crippen LogP contribution in [0.5, 0.6) is 0 Å². The molecule has 3 heteroatoms. The number of hydrogen-bond acceptors (Lipinski definition) is 3. The van der Waals surface area contributed by atoms with Gasteiger partial charge in [-0.25, -0.2) is 0 Å². The standard InChI is InChI=1S/C17H19NO2/c1-2-20-17(19)16-10-9-15(18-16)14-8-7-12-5-3-4-6-13(12)11-14/h3-8,11,15-16,18H,2,9-10H2,1H3/t15-,16+/m0/s1. The Labute approximate surface area is 118 Å². The summed E-state index contributed by atoms with van der Waals surface area (Å²) in [5.41, 5.74) is 1.25. The summed E-state index contributed by atoms with van der Waals surface area (Å²) in [7, 11) is 0. The van der Waals surface area contributed by atoms with Crippen molar-refractivity contribution in [3.63, 3.8) is 0 Å². The topological polar surface area (TPSA) is 38.3 Å². The summed E-state index contributed by atoms with van der Waals surface area (Å²) < 4.78 is 5.08. The average Bonchev–Trinajstić information content (AvgIpc) is 2.97. The Morgan fingerprint density at radius 2 is 2.00 bits per heavy atom. The third-order valence-corrected chi connectivity index (χ3v) is 3.89. The van der Waals surface area contributed by atoms with Gasteiger partial charge in [0.05, 0.1) is 6.61 Å². The van der Waals surface area contributed by atoms with Crippen molar-refractivity contribution in [2.75, 3.05) is 6.61 Å². The van der Waals surface area contributed by atoms with Gasteiger partial charge in [-0.05, 0) is 42.2 Å². The number of ether oxygens (including phenoxy) is 1. The number of esters is 1. The van der Waals surface area contributed by atoms with Crippen molar-refractivity contribution in [2.24, 2.45) is 0 Å². The molecule has 0 aromatic heterocycles. The second-order valence-electron chi connectivity index (χ2n) is 5.21. The first kappa shape index (κ1) is 13.1. The third kappa shape index (κ3) is 2.54. The minimum absolute atomic E-state index is 0.129. The van der Waals surface area contributed by atoms with E-state index in [1.54, 1.807) is 0 Å². The zero-order chi connectivity index (χ0) is 13.9. The normalized spacial score (nSPS) is 22.1. The van der Waals surface area contributed by atoms with Crippen LogP contribution >= 0.6 is 0 Å². The summed E-state index contributed by atoms with van der Waals surface area (Å²) in [6.45, 7) is 2.28. The molecule has 2 atom stereocenters. The molecular weight excluding hydrogens is 250 g/mol. The van der Waals surface area contributed by atoms with Crippen LogP contribution in [0.4, 0.5) is 0 Å². The van der Waals surface area contributed by atoms with E-state index in [-0.39, 0.29) is 18.1 Å². The maximum Gasteiger partial charge on any atom is 0.323 e. The average molecular weight is 269 g/mol. The van der Waals surface area contributed by atoms with Gasteiger partial charge in [-0.2, -0.15) is 0 Å². The minimum atomic E-state index is -0.161. The summed E-state index contributed by atoms with van der Waals surface area (Å²) in [6.07, 6.45) is 1.82. The van der Waals surface area contributed by atoms with Gasteiger partial charge in [-0.1, -0.05) is 36.4 Å². The van der Waals surface area contributed by atoms with E-state index in [0.717, 1.165) is 12.8 Å². The molecule has 1 aliphatic heterocycles. The Balaban J connectivity index is 1.77. The van der Waals surface area contributed by atoms with E-state index in [1.165, 1.54) is 16.3 Å². The highest BCUT2D eigenvalue weighted by Crippen LogP contribution is 2.29. The van der Waals surface area contributed by atoms with Gasteiger partial charge in [0.15, 0.2) is 0 Å². The van der Waals surface area contributed by atoms with Crippen molar-refractivity contribution < 1.29 is 9.53 Å². The van der Waals surface area contributed by atoms with Crippen molar-refractivity contribution >= 4 is 16.7 Å². The maximum atomic E-state index is 11.7. The number of carbonyl (C=O) groups excluding carboxylic acids is 1. The number of rotatable bonds is 3. The first-order valence-electron chi connectivity index (χ1n) is 7.19. The van der Waals surface area contributed by atoms with Crippen molar-refractivity contribution in [3.05, 3.63) is 48.0 Å². The fraction of sp³-hybridized carbons (Fsp3) is 0.353. The quantitative estimate of drug-likeness (QED) is 0.870. The van der Waals surface area contributed by atoms with Crippen LogP contribution in [-0.2, 0) is 9.53 Å². The number of hydrogen-bond donors (Lipinski definition) is 1. The Hall–Kier alpha value is -1.87. The Morgan fingerprint density at radius 1 is 1.20 bits per heavy atom. The lowest BCUT2D eigenvalue weighted by Gasteiger charge is -2.14. The maximum absolute atomic E-state index is 11.7. The molecule has 0 spiro atoms. The van der Waals surface area contributed by atoms with Crippen LogP contribution < -0.4 is 5.32 Å². The van der Waals surface area contributed by atoms with Crippen LogP contribution in [0.15, 0.2) is 42.5 Å². The van der Waals surface area contributed by atoms with Crippen LogP contribution in [-0.4, -0.2) is 18.6 Å². The van der Waals surface area contributed by atoms with Gasteiger partial charge in [-0.15, -0.1) is 0 Å². The van der Waals surface area contributed by atoms with Crippen molar-refractivity contribution in [1.82, 2.24) is 5.32 Å². The van der Waals surface area contributed by atoms with E-state index in [1.807, 2.05) is 13.0 Å². The highest BCUT2D eigenvalue weighted by Gasteiger charge is 2.30. The third-order valence-electron chi connectivity index (χ3n) is 3.89. The van der Waals surface area contributed by atoms with E-state index < -0.39 is 0 Å². The van der Waals surface area contributed by atoms with Crippen LogP contribution in [0.2, 0.25) is 0 Å². The second kappa shape index (κ2) is 5.63. The first-order chi connectivity index (χ1) is 9.78. The molecule has 20 heavy (non-hydrogen) atoms. The Bertz CT molecular complexity index is 623. The predicted octanol–water partition coefficient (Wildman–Crippen LogP) is 3.20. The molecular formula is C17H19NO2. The fourth-order valence-electron chi connectivity index (χ4n) is 2.86. The molecule has 104 valence electrons. The fourth-order valence-corrected chi connectivity index (χ4v) is 2.86. The summed E-state index contributed by atoms with van der Waals surface area (Å²) in [4.78, 5) is 11.7. The lowest BCUT2D eigenvalue weighted by Crippen LogP contribution is -2.33. The number of benzene rings is 2. The highest BCUT2D eigenvalue weighted by atomic mass is 16.5. The molecule has 0 aliphatic carbocycles. The van der Waals surface area contributed by atoms with Gasteiger partial charge >= 0.3 is 5.97 Å². The van der Waals surface area contributed by atoms with E-state index >= 15 is 0 Å². The molecule has 1 heterocycles. The number of nitrogens with one attached hydrogen (secondary N) is 1. The number of fused-ring (bicyclic) bond motifs is 1. The number of carbonyl (C=O) groups is 1. The smallest absolute Gasteiger partial charge is 0.323 e. The van der Waals surface area contributed by atoms with Crippen molar-refractivity contribution in [3.8, 4) is 0 Å². The van der Waals surface area contributed by atoms with Gasteiger partial charge in [0.25, 0.3) is 0 Å². The van der Waals surface area contributed by atoms with E-state index in [4.69, 9.17) is 4.74 Å². The monoisotopic (exact) mass is 269 g/mol. The molecule has 0 amide bonds. The molecule has 1 fully saturated rings. The Kier molecular flexibility index (Phi) is 3.70. The first-order valence-corrected chi connectivity index (χ1v) is 7.19. The molecule has 0 radical (unpaired) electrons. The molecule has 1 N–H and O–H groups in total. The highest BCUT2D eigenvalue weighted by molar-refractivity contribution is 5.83. The molecule has 3 nitrogen and oxygen atoms in total. The van der Waals surface area contributed by atoms with Gasteiger partial charge in [0.2, 0.25) is 0 Å². The minimum Gasteiger partial charge on any atom is -0.465 e. The van der Waals surface area contributed by atoms with E-state index in [2.05, 4.69) is 41.7 Å². The lowest BCUT2D eigenvalue weighted by molar-refractivity contribution is -0.145. The van der Waals surface area contributed by atoms with Crippen LogP contribution in [0.3, 0.4) is 0 Å². The van der Waals surface area contributed by atoms with Gasteiger partial charge in [-0.3, -0.25) is 10.1 Å². The van der Waals surface area contributed by atoms with Crippen molar-refractivity contribution in [1.29, 1.82) is 0 Å². The largest absolute Gasteiger partial charge is 0.465 e. The molecule has 0 unspecified atom stereocenters. The summed E-state index contributed by atoms with van der Waals surface area (Å²) in [5, 5.41) is 5.87. The van der Waals surface area contributed by atoms with Gasteiger partial charge in [0.1, 0.15) is 6.04 Å². The zero-order valence-electron chi connectivity index (χ0n) is 11.6. The molecule has 1 aliphatic rings. The van der Waals surface area contributed by atoms with Crippen molar-refractivity contribution in [2.45, 2.75) is 31.8 Å². The lowest BCUT2D eigenvalue weighted by atomic mass is 10.0. The summed E-state index contributed by atoms with van der Waals surface area (Å²) >= 11 is 0. The van der Waals surface area contributed by atoms with Crippen LogP contribution in [0, 0.1) is 0 Å². The molecule has 2 aromatic rings. The zero-order valence-corrected chi connectivity index (χ0v) is 11.6.